The van der Waals surface area contributed by atoms with E-state index in [-0.39, 0.29) is 28.7 Å². The van der Waals surface area contributed by atoms with Gasteiger partial charge in [-0.1, -0.05) is 18.2 Å². The molecule has 2 aliphatic rings. The molecule has 0 spiro atoms. The monoisotopic (exact) mass is 376 g/mol. The van der Waals surface area contributed by atoms with Gasteiger partial charge in [0.1, 0.15) is 5.82 Å². The van der Waals surface area contributed by atoms with Crippen LogP contribution in [0.15, 0.2) is 35.9 Å². The van der Waals surface area contributed by atoms with Gasteiger partial charge in [0.2, 0.25) is 5.91 Å². The van der Waals surface area contributed by atoms with Gasteiger partial charge in [-0.25, -0.2) is 4.39 Å². The number of carbonyl (C=O) groups excluding carboxylic acids is 2. The van der Waals surface area contributed by atoms with E-state index in [4.69, 9.17) is 0 Å². The lowest BCUT2D eigenvalue weighted by Gasteiger charge is -2.37. The Balaban J connectivity index is 1.90. The van der Waals surface area contributed by atoms with Crippen molar-refractivity contribution in [3.63, 3.8) is 0 Å². The summed E-state index contributed by atoms with van der Waals surface area (Å²) in [5.74, 6) is -0.332. The van der Waals surface area contributed by atoms with Crippen LogP contribution in [0.4, 0.5) is 4.39 Å². The van der Waals surface area contributed by atoms with E-state index in [2.05, 4.69) is 12.6 Å². The van der Waals surface area contributed by atoms with Crippen LogP contribution in [-0.4, -0.2) is 53.9 Å². The predicted molar refractivity (Wildman–Crippen MR) is 103 cm³/mol. The highest BCUT2D eigenvalue weighted by molar-refractivity contribution is 7.81. The second-order valence-corrected chi connectivity index (χ2v) is 7.95. The second-order valence-electron chi connectivity index (χ2n) is 7.33. The first-order valence-corrected chi connectivity index (χ1v) is 9.52. The Morgan fingerprint density at radius 2 is 1.96 bits per heavy atom. The van der Waals surface area contributed by atoms with E-state index in [0.717, 1.165) is 24.8 Å². The Labute approximate surface area is 159 Å². The van der Waals surface area contributed by atoms with Crippen LogP contribution >= 0.6 is 12.6 Å². The van der Waals surface area contributed by atoms with Gasteiger partial charge < -0.3 is 4.90 Å². The zero-order chi connectivity index (χ0) is 18.8. The molecule has 0 N–H and O–H groups in total. The standard InChI is InChI=1S/C20H25FN2O2S/c1-22(2)18(24)11-14-12-23(10-9-17(14)26)19(20(25)13-7-8-13)15-5-3-4-6-16(15)21/h3-6,11,13,17,19,26H,7-10,12H2,1-2H3/b14-11-. The number of ketones is 1. The molecular formula is C20H25FN2O2S. The number of likely N-dealkylation sites (N-methyl/N-ethyl adjacent to an activating group) is 1. The lowest BCUT2D eigenvalue weighted by atomic mass is 9.93. The Morgan fingerprint density at radius 3 is 2.58 bits per heavy atom. The molecule has 140 valence electrons. The summed E-state index contributed by atoms with van der Waals surface area (Å²) in [7, 11) is 3.40. The van der Waals surface area contributed by atoms with Gasteiger partial charge in [0.05, 0.1) is 6.04 Å². The maximum atomic E-state index is 14.5. The number of rotatable bonds is 5. The zero-order valence-electron chi connectivity index (χ0n) is 15.2. The molecule has 1 saturated carbocycles. The SMILES string of the molecule is CN(C)C(=O)/C=C1/CN(C(C(=O)C2CC2)c2ccccc2F)CCC1S. The molecule has 0 bridgehead atoms. The van der Waals surface area contributed by atoms with Crippen LogP contribution in [0, 0.1) is 11.7 Å². The highest BCUT2D eigenvalue weighted by atomic mass is 32.1. The number of likely N-dealkylation sites (tertiary alicyclic amines) is 1. The van der Waals surface area contributed by atoms with E-state index in [1.165, 1.54) is 11.0 Å². The van der Waals surface area contributed by atoms with E-state index in [1.54, 1.807) is 38.4 Å². The fraction of sp³-hybridized carbons (Fsp3) is 0.500. The Kier molecular flexibility index (Phi) is 5.82. The number of benzene rings is 1. The van der Waals surface area contributed by atoms with Crippen molar-refractivity contribution in [2.75, 3.05) is 27.2 Å². The van der Waals surface area contributed by atoms with Crippen LogP contribution in [0.1, 0.15) is 30.9 Å². The first-order valence-electron chi connectivity index (χ1n) is 9.00. The highest BCUT2D eigenvalue weighted by Crippen LogP contribution is 2.39. The predicted octanol–water partition coefficient (Wildman–Crippen LogP) is 2.86. The summed E-state index contributed by atoms with van der Waals surface area (Å²) < 4.78 is 14.5. The average molecular weight is 376 g/mol. The van der Waals surface area contributed by atoms with Crippen molar-refractivity contribution in [3.05, 3.63) is 47.3 Å². The largest absolute Gasteiger partial charge is 0.345 e. The van der Waals surface area contributed by atoms with Crippen molar-refractivity contribution in [2.24, 2.45) is 5.92 Å². The van der Waals surface area contributed by atoms with Crippen LogP contribution in [0.3, 0.4) is 0 Å². The number of hydrogen-bond acceptors (Lipinski definition) is 4. The first-order chi connectivity index (χ1) is 12.4. The normalized spacial score (nSPS) is 23.7. The minimum Gasteiger partial charge on any atom is -0.345 e. The number of amides is 1. The van der Waals surface area contributed by atoms with Gasteiger partial charge in [0, 0.05) is 50.0 Å². The molecule has 0 aromatic heterocycles. The average Bonchev–Trinajstić information content (AvgIpc) is 3.44. The lowest BCUT2D eigenvalue weighted by molar-refractivity contribution is -0.126. The molecule has 1 aliphatic heterocycles. The van der Waals surface area contributed by atoms with Crippen molar-refractivity contribution < 1.29 is 14.0 Å². The van der Waals surface area contributed by atoms with E-state index in [1.807, 2.05) is 4.90 Å². The summed E-state index contributed by atoms with van der Waals surface area (Å²) in [4.78, 5) is 28.5. The quantitative estimate of drug-likeness (QED) is 0.635. The fourth-order valence-corrected chi connectivity index (χ4v) is 3.63. The molecule has 1 aliphatic carbocycles. The number of hydrogen-bond donors (Lipinski definition) is 1. The third-order valence-corrected chi connectivity index (χ3v) is 5.66. The van der Waals surface area contributed by atoms with Gasteiger partial charge in [-0.05, 0) is 30.9 Å². The van der Waals surface area contributed by atoms with Crippen molar-refractivity contribution >= 4 is 24.3 Å². The zero-order valence-corrected chi connectivity index (χ0v) is 16.1. The molecule has 26 heavy (non-hydrogen) atoms. The van der Waals surface area contributed by atoms with E-state index >= 15 is 0 Å². The molecule has 1 aromatic carbocycles. The van der Waals surface area contributed by atoms with Crippen LogP contribution in [0.25, 0.3) is 0 Å². The van der Waals surface area contributed by atoms with Gasteiger partial charge >= 0.3 is 0 Å². The van der Waals surface area contributed by atoms with E-state index in [9.17, 15) is 14.0 Å². The summed E-state index contributed by atoms with van der Waals surface area (Å²) in [6.45, 7) is 1.10. The van der Waals surface area contributed by atoms with Crippen molar-refractivity contribution in [1.82, 2.24) is 9.80 Å². The van der Waals surface area contributed by atoms with Gasteiger partial charge in [0.25, 0.3) is 0 Å². The van der Waals surface area contributed by atoms with E-state index in [0.29, 0.717) is 18.7 Å². The Hall–Kier alpha value is -1.66. The summed E-state index contributed by atoms with van der Waals surface area (Å²) in [6, 6.07) is 5.91. The maximum absolute atomic E-state index is 14.5. The molecule has 2 atom stereocenters. The minimum absolute atomic E-state index is 0.0209. The molecular weight excluding hydrogens is 351 g/mol. The summed E-state index contributed by atoms with van der Waals surface area (Å²) in [5.41, 5.74) is 1.31. The molecule has 1 saturated heterocycles. The van der Waals surface area contributed by atoms with Crippen molar-refractivity contribution in [1.29, 1.82) is 0 Å². The lowest BCUT2D eigenvalue weighted by Crippen LogP contribution is -2.43. The number of nitrogens with zero attached hydrogens (tertiary/aromatic N) is 2. The summed E-state index contributed by atoms with van der Waals surface area (Å²) >= 11 is 4.60. The molecule has 1 heterocycles. The topological polar surface area (TPSA) is 40.6 Å². The van der Waals surface area contributed by atoms with Crippen LogP contribution in [0.5, 0.6) is 0 Å². The molecule has 1 amide bonds. The van der Waals surface area contributed by atoms with Crippen molar-refractivity contribution in [2.45, 2.75) is 30.6 Å². The fourth-order valence-electron chi connectivity index (χ4n) is 3.36. The highest BCUT2D eigenvalue weighted by Gasteiger charge is 2.40. The van der Waals surface area contributed by atoms with Crippen molar-refractivity contribution in [3.8, 4) is 0 Å². The Morgan fingerprint density at radius 1 is 1.27 bits per heavy atom. The number of carbonyl (C=O) groups is 2. The number of thiol groups is 1. The molecule has 4 nitrogen and oxygen atoms in total. The Bertz CT molecular complexity index is 730. The molecule has 1 aromatic rings. The van der Waals surface area contributed by atoms with Crippen LogP contribution < -0.4 is 0 Å². The summed E-state index contributed by atoms with van der Waals surface area (Å²) in [6.07, 6.45) is 4.09. The minimum atomic E-state index is -0.595. The molecule has 2 unspecified atom stereocenters. The van der Waals surface area contributed by atoms with Gasteiger partial charge in [-0.2, -0.15) is 12.6 Å². The third-order valence-electron chi connectivity index (χ3n) is 5.07. The molecule has 0 radical (unpaired) electrons. The van der Waals surface area contributed by atoms with Gasteiger partial charge in [-0.15, -0.1) is 0 Å². The molecule has 6 heteroatoms. The van der Waals surface area contributed by atoms with Crippen LogP contribution in [0.2, 0.25) is 0 Å². The number of halogens is 1. The maximum Gasteiger partial charge on any atom is 0.246 e. The summed E-state index contributed by atoms with van der Waals surface area (Å²) in [5, 5.41) is -0.0209. The van der Waals surface area contributed by atoms with E-state index < -0.39 is 6.04 Å². The number of Topliss-reactive ketones (excluding diaryl/α,β-unsaturated/α-hetero) is 1. The van der Waals surface area contributed by atoms with Crippen LogP contribution in [-0.2, 0) is 9.59 Å². The molecule has 3 rings (SSSR count). The van der Waals surface area contributed by atoms with Gasteiger partial charge in [0.15, 0.2) is 5.78 Å². The number of piperidine rings is 1. The first kappa shape index (κ1) is 19.1. The molecule has 2 fully saturated rings. The smallest absolute Gasteiger partial charge is 0.246 e. The third kappa shape index (κ3) is 4.18. The van der Waals surface area contributed by atoms with Gasteiger partial charge in [-0.3, -0.25) is 14.5 Å². The second kappa shape index (κ2) is 7.92.